The minimum atomic E-state index is -4.29. The van der Waals surface area contributed by atoms with Gasteiger partial charge in [-0.2, -0.15) is 5.26 Å². The number of anilines is 1. The van der Waals surface area contributed by atoms with Crippen LogP contribution in [0.3, 0.4) is 0 Å². The van der Waals surface area contributed by atoms with E-state index in [9.17, 15) is 18.1 Å². The molecule has 0 spiro atoms. The van der Waals surface area contributed by atoms with Gasteiger partial charge in [0.1, 0.15) is 12.1 Å². The van der Waals surface area contributed by atoms with Gasteiger partial charge in [-0.3, -0.25) is 4.31 Å². The summed E-state index contributed by atoms with van der Waals surface area (Å²) in [6.45, 7) is 0. The lowest BCUT2D eigenvalue weighted by molar-refractivity contribution is 0.581. The molecule has 0 N–H and O–H groups in total. The zero-order valence-corrected chi connectivity index (χ0v) is 20.0. The van der Waals surface area contributed by atoms with Gasteiger partial charge in [0.05, 0.1) is 28.3 Å². The van der Waals surface area contributed by atoms with Gasteiger partial charge in [0, 0.05) is 21.5 Å². The molecule has 1 atom stereocenters. The highest BCUT2D eigenvalue weighted by Crippen LogP contribution is 2.38. The van der Waals surface area contributed by atoms with Gasteiger partial charge in [0.2, 0.25) is 0 Å². The van der Waals surface area contributed by atoms with Gasteiger partial charge >= 0.3 is 0 Å². The van der Waals surface area contributed by atoms with Crippen molar-refractivity contribution in [2.45, 2.75) is 10.9 Å². The molecule has 3 aromatic carbocycles. The van der Waals surface area contributed by atoms with Crippen molar-refractivity contribution in [3.63, 3.8) is 0 Å². The van der Waals surface area contributed by atoms with Gasteiger partial charge in [-0.25, -0.2) is 22.8 Å². The lowest BCUT2D eigenvalue weighted by atomic mass is 10.0. The number of halogens is 2. The normalized spacial score (nSPS) is 12.0. The van der Waals surface area contributed by atoms with E-state index in [-0.39, 0.29) is 10.6 Å². The summed E-state index contributed by atoms with van der Waals surface area (Å²) in [5, 5.41) is 9.51. The van der Waals surface area contributed by atoms with Crippen LogP contribution in [0.5, 0.6) is 0 Å². The number of hydrogen-bond acceptors (Lipinski definition) is 5. The van der Waals surface area contributed by atoms with Crippen LogP contribution >= 0.6 is 22.6 Å². The lowest BCUT2D eigenvalue weighted by Gasteiger charge is -2.33. The van der Waals surface area contributed by atoms with Crippen LogP contribution in [0.4, 0.5) is 10.1 Å². The summed E-state index contributed by atoms with van der Waals surface area (Å²) in [5.41, 5.74) is 1.73. The molecule has 164 valence electrons. The molecule has 0 aliphatic rings. The third kappa shape index (κ3) is 4.86. The predicted octanol–water partition coefficient (Wildman–Crippen LogP) is 5.08. The van der Waals surface area contributed by atoms with Crippen molar-refractivity contribution in [2.24, 2.45) is 0 Å². The average Bonchev–Trinajstić information content (AvgIpc) is 2.83. The number of benzene rings is 3. The maximum absolute atomic E-state index is 14.0. The predicted molar refractivity (Wildman–Crippen MR) is 130 cm³/mol. The Morgan fingerprint density at radius 3 is 2.33 bits per heavy atom. The van der Waals surface area contributed by atoms with Crippen LogP contribution < -0.4 is 4.31 Å². The SMILES string of the molecule is N#Cc1cc(I)cc(N(C(c2ccccc2)c2cncnc2)S(=O)(=O)c2cccc(F)c2)c1. The van der Waals surface area contributed by atoms with Gasteiger partial charge in [0.15, 0.2) is 0 Å². The van der Waals surface area contributed by atoms with Crippen LogP contribution in [0.25, 0.3) is 0 Å². The summed E-state index contributed by atoms with van der Waals surface area (Å²) in [6.07, 6.45) is 4.44. The Morgan fingerprint density at radius 1 is 0.939 bits per heavy atom. The first-order valence-electron chi connectivity index (χ1n) is 9.71. The standard InChI is InChI=1S/C24H16FIN4O2S/c25-20-7-4-8-23(11-20)33(31,32)30(22-10-17(13-27)9-21(26)12-22)24(18-5-2-1-3-6-18)19-14-28-16-29-15-19/h1-12,14-16,24H. The monoisotopic (exact) mass is 570 g/mol. The van der Waals surface area contributed by atoms with E-state index in [1.807, 2.05) is 28.7 Å². The fourth-order valence-corrected chi connectivity index (χ4v) is 5.78. The molecular weight excluding hydrogens is 554 g/mol. The second-order valence-corrected chi connectivity index (χ2v) is 10.1. The highest BCUT2D eigenvalue weighted by molar-refractivity contribution is 14.1. The Balaban J connectivity index is 2.05. The van der Waals surface area contributed by atoms with Crippen molar-refractivity contribution in [1.29, 1.82) is 5.26 Å². The third-order valence-corrected chi connectivity index (χ3v) is 7.28. The molecule has 1 unspecified atom stereocenters. The first-order chi connectivity index (χ1) is 15.9. The molecular formula is C24H16FIN4O2S. The van der Waals surface area contributed by atoms with E-state index in [1.165, 1.54) is 47.3 Å². The fourth-order valence-electron chi connectivity index (χ4n) is 3.48. The van der Waals surface area contributed by atoms with E-state index >= 15 is 0 Å². The average molecular weight is 570 g/mol. The number of nitriles is 1. The molecule has 1 aromatic heterocycles. The fraction of sp³-hybridized carbons (Fsp3) is 0.0417. The summed E-state index contributed by atoms with van der Waals surface area (Å²) in [7, 11) is -4.29. The molecule has 0 bridgehead atoms. The van der Waals surface area contributed by atoms with Crippen LogP contribution in [-0.4, -0.2) is 18.4 Å². The molecule has 4 aromatic rings. The smallest absolute Gasteiger partial charge is 0.254 e. The van der Waals surface area contributed by atoms with E-state index < -0.39 is 21.9 Å². The van der Waals surface area contributed by atoms with E-state index in [1.54, 1.807) is 36.4 Å². The van der Waals surface area contributed by atoms with E-state index in [0.717, 1.165) is 6.07 Å². The van der Waals surface area contributed by atoms with E-state index in [2.05, 4.69) is 16.0 Å². The number of hydrogen-bond donors (Lipinski definition) is 0. The minimum Gasteiger partial charge on any atom is -0.254 e. The largest absolute Gasteiger partial charge is 0.265 e. The topological polar surface area (TPSA) is 86.9 Å². The Kier molecular flexibility index (Phi) is 6.67. The number of rotatable bonds is 6. The lowest BCUT2D eigenvalue weighted by Crippen LogP contribution is -2.36. The Bertz CT molecular complexity index is 1390. The minimum absolute atomic E-state index is 0.211. The molecule has 0 amide bonds. The molecule has 9 heteroatoms. The Morgan fingerprint density at radius 2 is 1.67 bits per heavy atom. The van der Waals surface area contributed by atoms with Gasteiger partial charge in [0.25, 0.3) is 10.0 Å². The summed E-state index contributed by atoms with van der Waals surface area (Å²) >= 11 is 2.03. The molecule has 0 aliphatic carbocycles. The van der Waals surface area contributed by atoms with Crippen molar-refractivity contribution >= 4 is 38.3 Å². The number of sulfonamides is 1. The summed E-state index contributed by atoms with van der Waals surface area (Å²) in [5.74, 6) is -0.671. The van der Waals surface area contributed by atoms with Crippen LogP contribution in [0.1, 0.15) is 22.7 Å². The molecule has 1 heterocycles. The van der Waals surface area contributed by atoms with E-state index in [0.29, 0.717) is 20.3 Å². The second kappa shape index (κ2) is 9.64. The summed E-state index contributed by atoms with van der Waals surface area (Å²) < 4.78 is 44.0. The van der Waals surface area contributed by atoms with E-state index in [4.69, 9.17) is 0 Å². The maximum atomic E-state index is 14.0. The second-order valence-electron chi connectivity index (χ2n) is 7.05. The maximum Gasteiger partial charge on any atom is 0.265 e. The number of aromatic nitrogens is 2. The third-order valence-electron chi connectivity index (χ3n) is 4.87. The van der Waals surface area contributed by atoms with Crippen LogP contribution in [0.2, 0.25) is 0 Å². The van der Waals surface area contributed by atoms with Crippen molar-refractivity contribution in [1.82, 2.24) is 9.97 Å². The molecule has 0 aliphatic heterocycles. The van der Waals surface area contributed by atoms with Crippen molar-refractivity contribution in [2.75, 3.05) is 4.31 Å². The van der Waals surface area contributed by atoms with Gasteiger partial charge < -0.3 is 0 Å². The van der Waals surface area contributed by atoms with Crippen LogP contribution in [-0.2, 0) is 10.0 Å². The quantitative estimate of drug-likeness (QED) is 0.302. The molecule has 6 nitrogen and oxygen atoms in total. The highest BCUT2D eigenvalue weighted by atomic mass is 127. The first kappa shape index (κ1) is 22.8. The van der Waals surface area contributed by atoms with Crippen molar-refractivity contribution in [3.05, 3.63) is 118 Å². The van der Waals surface area contributed by atoms with Crippen molar-refractivity contribution in [3.8, 4) is 6.07 Å². The molecule has 0 saturated heterocycles. The molecule has 0 saturated carbocycles. The first-order valence-corrected chi connectivity index (χ1v) is 12.2. The zero-order valence-electron chi connectivity index (χ0n) is 17.0. The molecule has 0 radical (unpaired) electrons. The molecule has 4 rings (SSSR count). The summed E-state index contributed by atoms with van der Waals surface area (Å²) in [4.78, 5) is 7.95. The van der Waals surface area contributed by atoms with Crippen LogP contribution in [0, 0.1) is 20.7 Å². The zero-order chi connectivity index (χ0) is 23.4. The van der Waals surface area contributed by atoms with Gasteiger partial charge in [-0.15, -0.1) is 0 Å². The molecule has 33 heavy (non-hydrogen) atoms. The van der Waals surface area contributed by atoms with Crippen molar-refractivity contribution < 1.29 is 12.8 Å². The van der Waals surface area contributed by atoms with Crippen LogP contribution in [0.15, 0.2) is 96.4 Å². The highest BCUT2D eigenvalue weighted by Gasteiger charge is 2.35. The number of nitrogens with zero attached hydrogens (tertiary/aromatic N) is 4. The summed E-state index contributed by atoms with van der Waals surface area (Å²) in [6, 6.07) is 19.9. The molecule has 0 fully saturated rings. The van der Waals surface area contributed by atoms with Gasteiger partial charge in [-0.1, -0.05) is 36.4 Å². The Hall–Kier alpha value is -3.36. The van der Waals surface area contributed by atoms with Gasteiger partial charge in [-0.05, 0) is 64.6 Å². The Labute approximate surface area is 204 Å².